The summed E-state index contributed by atoms with van der Waals surface area (Å²) >= 11 is 0. The summed E-state index contributed by atoms with van der Waals surface area (Å²) in [5.74, 6) is 0.187. The zero-order valence-electron chi connectivity index (χ0n) is 16.4. The van der Waals surface area contributed by atoms with Gasteiger partial charge in [-0.05, 0) is 38.1 Å². The Bertz CT molecular complexity index is 524. The van der Waals surface area contributed by atoms with E-state index in [4.69, 9.17) is 0 Å². The third kappa shape index (κ3) is 4.59. The number of benzene rings is 1. The average Bonchev–Trinajstić information content (AvgIpc) is 2.48. The topological polar surface area (TPSA) is 40.6 Å². The van der Waals surface area contributed by atoms with Crippen LogP contribution in [0.1, 0.15) is 55.4 Å². The van der Waals surface area contributed by atoms with Crippen LogP contribution >= 0.6 is 0 Å². The fraction of sp³-hybridized carbons (Fsp3) is 0.600. The third-order valence-corrected chi connectivity index (χ3v) is 3.88. The standard InChI is InChI=1S/C20H32N2O2/c1-9-21(17(23)19(3,4)5)15-11-13-16(14-12-15)22(10-2)18(24)20(6,7)8/h11-14H,9-10H2,1-8H3. The van der Waals surface area contributed by atoms with Gasteiger partial charge in [-0.3, -0.25) is 9.59 Å². The molecule has 0 spiro atoms. The quantitative estimate of drug-likeness (QED) is 0.815. The van der Waals surface area contributed by atoms with Gasteiger partial charge in [-0.15, -0.1) is 0 Å². The fourth-order valence-electron chi connectivity index (χ4n) is 2.51. The van der Waals surface area contributed by atoms with E-state index in [0.29, 0.717) is 13.1 Å². The van der Waals surface area contributed by atoms with Crippen LogP contribution in [0.15, 0.2) is 24.3 Å². The zero-order chi connectivity index (χ0) is 18.7. The van der Waals surface area contributed by atoms with Crippen molar-refractivity contribution >= 4 is 23.2 Å². The van der Waals surface area contributed by atoms with Gasteiger partial charge in [-0.1, -0.05) is 41.5 Å². The highest BCUT2D eigenvalue weighted by atomic mass is 16.2. The molecule has 4 heteroatoms. The molecule has 4 nitrogen and oxygen atoms in total. The summed E-state index contributed by atoms with van der Waals surface area (Å²) in [6.45, 7) is 16.7. The molecule has 134 valence electrons. The van der Waals surface area contributed by atoms with E-state index in [1.807, 2.05) is 79.7 Å². The predicted molar refractivity (Wildman–Crippen MR) is 101 cm³/mol. The second-order valence-electron chi connectivity index (χ2n) is 8.12. The number of hydrogen-bond acceptors (Lipinski definition) is 2. The molecule has 0 aliphatic carbocycles. The van der Waals surface area contributed by atoms with Gasteiger partial charge < -0.3 is 9.80 Å². The number of nitrogens with zero attached hydrogens (tertiary/aromatic N) is 2. The van der Waals surface area contributed by atoms with Crippen molar-refractivity contribution in [2.24, 2.45) is 10.8 Å². The van der Waals surface area contributed by atoms with Crippen LogP contribution in [0.4, 0.5) is 11.4 Å². The first kappa shape index (κ1) is 20.2. The molecule has 1 rings (SSSR count). The van der Waals surface area contributed by atoms with E-state index in [9.17, 15) is 9.59 Å². The molecule has 1 aromatic rings. The molecule has 2 amide bonds. The summed E-state index contributed by atoms with van der Waals surface area (Å²) in [6, 6.07) is 7.67. The van der Waals surface area contributed by atoms with Crippen molar-refractivity contribution in [3.05, 3.63) is 24.3 Å². The van der Waals surface area contributed by atoms with Crippen molar-refractivity contribution in [2.75, 3.05) is 22.9 Å². The first-order chi connectivity index (χ1) is 10.9. The maximum Gasteiger partial charge on any atom is 0.232 e. The molecule has 0 saturated carbocycles. The first-order valence-corrected chi connectivity index (χ1v) is 8.67. The summed E-state index contributed by atoms with van der Waals surface area (Å²) in [6.07, 6.45) is 0. The molecule has 0 radical (unpaired) electrons. The van der Waals surface area contributed by atoms with Gasteiger partial charge in [0.1, 0.15) is 0 Å². The van der Waals surface area contributed by atoms with E-state index in [0.717, 1.165) is 11.4 Å². The lowest BCUT2D eigenvalue weighted by Crippen LogP contribution is -2.40. The Balaban J connectivity index is 3.11. The maximum atomic E-state index is 12.6. The molecule has 0 unspecified atom stereocenters. The Kier molecular flexibility index (Phi) is 6.20. The SMILES string of the molecule is CCN(C(=O)C(C)(C)C)c1ccc(N(CC)C(=O)C(C)(C)C)cc1. The molecule has 0 aromatic heterocycles. The van der Waals surface area contributed by atoms with Gasteiger partial charge in [0.25, 0.3) is 0 Å². The van der Waals surface area contributed by atoms with Gasteiger partial charge in [-0.25, -0.2) is 0 Å². The minimum atomic E-state index is -0.424. The number of carbonyl (C=O) groups excluding carboxylic acids is 2. The van der Waals surface area contributed by atoms with Crippen molar-refractivity contribution in [3.63, 3.8) is 0 Å². The molecular weight excluding hydrogens is 300 g/mol. The smallest absolute Gasteiger partial charge is 0.232 e. The largest absolute Gasteiger partial charge is 0.312 e. The Labute approximate surface area is 146 Å². The molecule has 0 heterocycles. The van der Waals surface area contributed by atoms with Crippen LogP contribution in [-0.4, -0.2) is 24.9 Å². The van der Waals surface area contributed by atoms with Crippen LogP contribution < -0.4 is 9.80 Å². The molecule has 0 N–H and O–H groups in total. The molecular formula is C20H32N2O2. The van der Waals surface area contributed by atoms with E-state index in [1.165, 1.54) is 0 Å². The van der Waals surface area contributed by atoms with Crippen LogP contribution in [-0.2, 0) is 9.59 Å². The Morgan fingerprint density at radius 1 is 0.708 bits per heavy atom. The monoisotopic (exact) mass is 332 g/mol. The average molecular weight is 332 g/mol. The van der Waals surface area contributed by atoms with Gasteiger partial charge in [-0.2, -0.15) is 0 Å². The van der Waals surface area contributed by atoms with Gasteiger partial charge >= 0.3 is 0 Å². The van der Waals surface area contributed by atoms with E-state index in [-0.39, 0.29) is 11.8 Å². The fourth-order valence-corrected chi connectivity index (χ4v) is 2.51. The van der Waals surface area contributed by atoms with Crippen molar-refractivity contribution in [2.45, 2.75) is 55.4 Å². The summed E-state index contributed by atoms with van der Waals surface area (Å²) in [5.41, 5.74) is 0.874. The molecule has 0 fully saturated rings. The predicted octanol–water partition coefficient (Wildman–Crippen LogP) is 4.48. The van der Waals surface area contributed by atoms with Crippen molar-refractivity contribution in [3.8, 4) is 0 Å². The number of rotatable bonds is 4. The highest BCUT2D eigenvalue weighted by Crippen LogP contribution is 2.27. The van der Waals surface area contributed by atoms with E-state index < -0.39 is 10.8 Å². The lowest BCUT2D eigenvalue weighted by atomic mass is 9.94. The van der Waals surface area contributed by atoms with Gasteiger partial charge in [0.15, 0.2) is 0 Å². The Morgan fingerprint density at radius 2 is 0.958 bits per heavy atom. The lowest BCUT2D eigenvalue weighted by Gasteiger charge is -2.30. The minimum absolute atomic E-state index is 0.0934. The lowest BCUT2D eigenvalue weighted by molar-refractivity contribution is -0.126. The van der Waals surface area contributed by atoms with Crippen molar-refractivity contribution < 1.29 is 9.59 Å². The summed E-state index contributed by atoms with van der Waals surface area (Å²) in [4.78, 5) is 28.7. The summed E-state index contributed by atoms with van der Waals surface area (Å²) in [7, 11) is 0. The molecule has 1 aromatic carbocycles. The molecule has 0 aliphatic rings. The highest BCUT2D eigenvalue weighted by molar-refractivity contribution is 5.98. The van der Waals surface area contributed by atoms with Gasteiger partial charge in [0, 0.05) is 35.3 Å². The molecule has 0 saturated heterocycles. The van der Waals surface area contributed by atoms with Crippen LogP contribution in [0.3, 0.4) is 0 Å². The maximum absolute atomic E-state index is 12.6. The van der Waals surface area contributed by atoms with E-state index >= 15 is 0 Å². The second-order valence-corrected chi connectivity index (χ2v) is 8.12. The Morgan fingerprint density at radius 3 is 1.12 bits per heavy atom. The van der Waals surface area contributed by atoms with Crippen LogP contribution in [0.25, 0.3) is 0 Å². The number of anilines is 2. The van der Waals surface area contributed by atoms with Crippen LogP contribution in [0.2, 0.25) is 0 Å². The van der Waals surface area contributed by atoms with E-state index in [1.54, 1.807) is 9.80 Å². The normalized spacial score (nSPS) is 12.0. The molecule has 24 heavy (non-hydrogen) atoms. The van der Waals surface area contributed by atoms with Crippen LogP contribution in [0.5, 0.6) is 0 Å². The molecule has 0 atom stereocenters. The second kappa shape index (κ2) is 7.37. The number of carbonyl (C=O) groups is 2. The highest BCUT2D eigenvalue weighted by Gasteiger charge is 2.29. The first-order valence-electron chi connectivity index (χ1n) is 8.67. The van der Waals surface area contributed by atoms with Gasteiger partial charge in [0.2, 0.25) is 11.8 Å². The van der Waals surface area contributed by atoms with Crippen molar-refractivity contribution in [1.29, 1.82) is 0 Å². The molecule has 0 bridgehead atoms. The Hall–Kier alpha value is -1.84. The van der Waals surface area contributed by atoms with Gasteiger partial charge in [0.05, 0.1) is 0 Å². The zero-order valence-corrected chi connectivity index (χ0v) is 16.4. The number of hydrogen-bond donors (Lipinski definition) is 0. The third-order valence-electron chi connectivity index (χ3n) is 3.88. The van der Waals surface area contributed by atoms with Crippen molar-refractivity contribution in [1.82, 2.24) is 0 Å². The minimum Gasteiger partial charge on any atom is -0.312 e. The summed E-state index contributed by atoms with van der Waals surface area (Å²) < 4.78 is 0. The number of amides is 2. The van der Waals surface area contributed by atoms with Crippen LogP contribution in [0, 0.1) is 10.8 Å². The molecule has 0 aliphatic heterocycles. The summed E-state index contributed by atoms with van der Waals surface area (Å²) in [5, 5.41) is 0. The van der Waals surface area contributed by atoms with E-state index in [2.05, 4.69) is 0 Å².